The van der Waals surface area contributed by atoms with E-state index in [-0.39, 0.29) is 11.2 Å². The molecular formula is C42H29FN2. The lowest BCUT2D eigenvalue weighted by Gasteiger charge is -2.26. The molecule has 8 rings (SSSR count). The van der Waals surface area contributed by atoms with E-state index in [9.17, 15) is 9.65 Å². The molecular weight excluding hydrogens is 551 g/mol. The molecule has 3 heteroatoms. The first-order valence-corrected chi connectivity index (χ1v) is 15.2. The third-order valence-corrected chi connectivity index (χ3v) is 9.28. The molecule has 45 heavy (non-hydrogen) atoms. The van der Waals surface area contributed by atoms with Crippen molar-refractivity contribution in [1.82, 2.24) is 0 Å². The van der Waals surface area contributed by atoms with Crippen LogP contribution in [-0.4, -0.2) is 0 Å². The fourth-order valence-corrected chi connectivity index (χ4v) is 6.95. The second-order valence-corrected chi connectivity index (χ2v) is 12.3. The fourth-order valence-electron chi connectivity index (χ4n) is 6.95. The monoisotopic (exact) mass is 580 g/mol. The van der Waals surface area contributed by atoms with Crippen LogP contribution in [0.3, 0.4) is 0 Å². The molecule has 0 N–H and O–H groups in total. The van der Waals surface area contributed by atoms with E-state index in [1.807, 2.05) is 54.6 Å². The van der Waals surface area contributed by atoms with E-state index in [4.69, 9.17) is 0 Å². The molecule has 1 aliphatic carbocycles. The molecule has 0 aromatic heterocycles. The molecule has 0 fully saturated rings. The Hall–Kier alpha value is -5.72. The van der Waals surface area contributed by atoms with Crippen LogP contribution >= 0.6 is 0 Å². The quantitative estimate of drug-likeness (QED) is 0.189. The van der Waals surface area contributed by atoms with Crippen LogP contribution in [0.15, 0.2) is 140 Å². The van der Waals surface area contributed by atoms with Gasteiger partial charge in [0, 0.05) is 22.5 Å². The van der Waals surface area contributed by atoms with E-state index in [0.717, 1.165) is 33.8 Å². The Bertz CT molecular complexity index is 2280. The van der Waals surface area contributed by atoms with Gasteiger partial charge in [0.15, 0.2) is 0 Å². The molecule has 0 spiro atoms. The molecule has 2 nitrogen and oxygen atoms in total. The summed E-state index contributed by atoms with van der Waals surface area (Å²) in [6.45, 7) is 4.63. The number of anilines is 3. The molecule has 0 heterocycles. The second-order valence-electron chi connectivity index (χ2n) is 12.3. The summed E-state index contributed by atoms with van der Waals surface area (Å²) in [7, 11) is 0. The van der Waals surface area contributed by atoms with Crippen molar-refractivity contribution >= 4 is 38.6 Å². The molecule has 7 aromatic carbocycles. The first-order valence-electron chi connectivity index (χ1n) is 15.2. The van der Waals surface area contributed by atoms with Crippen molar-refractivity contribution in [2.24, 2.45) is 0 Å². The van der Waals surface area contributed by atoms with Crippen LogP contribution in [0, 0.1) is 17.1 Å². The second kappa shape index (κ2) is 10.2. The number of nitrogens with zero attached hydrogens (tertiary/aromatic N) is 2. The number of para-hydroxylation sites is 1. The number of rotatable bonds is 5. The van der Waals surface area contributed by atoms with E-state index >= 15 is 0 Å². The number of nitriles is 1. The summed E-state index contributed by atoms with van der Waals surface area (Å²) in [6.07, 6.45) is 0. The van der Waals surface area contributed by atoms with Gasteiger partial charge in [-0.2, -0.15) is 5.26 Å². The number of hydrogen-bond acceptors (Lipinski definition) is 2. The van der Waals surface area contributed by atoms with Gasteiger partial charge in [-0.25, -0.2) is 4.39 Å². The maximum absolute atomic E-state index is 13.7. The summed E-state index contributed by atoms with van der Waals surface area (Å²) in [6, 6.07) is 49.4. The van der Waals surface area contributed by atoms with Crippen molar-refractivity contribution in [2.75, 3.05) is 4.90 Å². The van der Waals surface area contributed by atoms with Gasteiger partial charge in [0.1, 0.15) is 5.82 Å². The first-order chi connectivity index (χ1) is 21.9. The van der Waals surface area contributed by atoms with Gasteiger partial charge in [0.2, 0.25) is 0 Å². The highest BCUT2D eigenvalue weighted by atomic mass is 19.1. The zero-order valence-electron chi connectivity index (χ0n) is 25.1. The van der Waals surface area contributed by atoms with Gasteiger partial charge >= 0.3 is 0 Å². The lowest BCUT2D eigenvalue weighted by molar-refractivity contribution is 0.628. The fraction of sp³-hybridized carbons (Fsp3) is 0.0714. The number of benzene rings is 7. The molecule has 0 bridgehead atoms. The summed E-state index contributed by atoms with van der Waals surface area (Å²) in [5.41, 5.74) is 10.7. The Balaban J connectivity index is 1.20. The van der Waals surface area contributed by atoms with Gasteiger partial charge in [-0.3, -0.25) is 0 Å². The molecule has 214 valence electrons. The van der Waals surface area contributed by atoms with E-state index in [1.54, 1.807) is 0 Å². The Morgan fingerprint density at radius 1 is 0.533 bits per heavy atom. The van der Waals surface area contributed by atoms with E-state index in [0.29, 0.717) is 5.56 Å². The van der Waals surface area contributed by atoms with Gasteiger partial charge < -0.3 is 4.90 Å². The van der Waals surface area contributed by atoms with Crippen molar-refractivity contribution in [1.29, 1.82) is 5.26 Å². The predicted octanol–water partition coefficient (Wildman–Crippen LogP) is 11.4. The van der Waals surface area contributed by atoms with Crippen molar-refractivity contribution in [3.63, 3.8) is 0 Å². The van der Waals surface area contributed by atoms with Crippen molar-refractivity contribution in [2.45, 2.75) is 19.3 Å². The van der Waals surface area contributed by atoms with Crippen LogP contribution in [0.4, 0.5) is 21.5 Å². The summed E-state index contributed by atoms with van der Waals surface area (Å²) < 4.78 is 13.7. The topological polar surface area (TPSA) is 27.0 Å². The maximum atomic E-state index is 13.7. The van der Waals surface area contributed by atoms with Crippen molar-refractivity contribution in [3.05, 3.63) is 162 Å². The lowest BCUT2D eigenvalue weighted by atomic mass is 9.80. The average Bonchev–Trinajstić information content (AvgIpc) is 3.31. The predicted molar refractivity (Wildman–Crippen MR) is 184 cm³/mol. The minimum absolute atomic E-state index is 0.189. The number of halogens is 1. The van der Waals surface area contributed by atoms with E-state index < -0.39 is 0 Å². The van der Waals surface area contributed by atoms with Gasteiger partial charge in [0.05, 0.1) is 11.6 Å². The van der Waals surface area contributed by atoms with Crippen molar-refractivity contribution < 1.29 is 4.39 Å². The molecule has 0 saturated carbocycles. The Kier molecular flexibility index (Phi) is 6.08. The average molecular weight is 581 g/mol. The molecule has 0 radical (unpaired) electrons. The molecule has 1 aliphatic rings. The molecule has 0 saturated heterocycles. The minimum atomic E-state index is -0.221. The van der Waals surface area contributed by atoms with E-state index in [2.05, 4.69) is 97.6 Å². The van der Waals surface area contributed by atoms with Gasteiger partial charge in [0.25, 0.3) is 0 Å². The Morgan fingerprint density at radius 3 is 1.51 bits per heavy atom. The molecule has 7 aromatic rings. The minimum Gasteiger partial charge on any atom is -0.311 e. The van der Waals surface area contributed by atoms with Crippen molar-refractivity contribution in [3.8, 4) is 28.3 Å². The van der Waals surface area contributed by atoms with E-state index in [1.165, 1.54) is 50.4 Å². The molecule has 0 amide bonds. The van der Waals surface area contributed by atoms with Crippen LogP contribution in [0.5, 0.6) is 0 Å². The Morgan fingerprint density at radius 2 is 1.00 bits per heavy atom. The third kappa shape index (κ3) is 4.38. The highest BCUT2D eigenvalue weighted by Crippen LogP contribution is 2.51. The van der Waals surface area contributed by atoms with Crippen LogP contribution in [0.25, 0.3) is 43.8 Å². The molecule has 0 aliphatic heterocycles. The first kappa shape index (κ1) is 26.9. The van der Waals surface area contributed by atoms with Crippen LogP contribution in [0.1, 0.15) is 30.5 Å². The number of hydrogen-bond donors (Lipinski definition) is 0. The highest BCUT2D eigenvalue weighted by molar-refractivity contribution is 6.16. The standard InChI is InChI=1S/C42H29FN2/c1-42(2)38-24-32(28-12-16-34(43)17-13-28)22-30-10-11-31-23-33(25-39(42)41(31)40(30)38)29-14-20-37(21-15-29)45(35-6-4-3-5-7-35)36-18-8-27(26-44)9-19-36/h3-25H,1-2H3. The largest absolute Gasteiger partial charge is 0.311 e. The summed E-state index contributed by atoms with van der Waals surface area (Å²) in [5.74, 6) is -0.221. The third-order valence-electron chi connectivity index (χ3n) is 9.28. The van der Waals surface area contributed by atoms with Crippen LogP contribution in [0.2, 0.25) is 0 Å². The zero-order valence-corrected chi connectivity index (χ0v) is 25.1. The van der Waals surface area contributed by atoms with Gasteiger partial charge in [-0.1, -0.05) is 68.4 Å². The van der Waals surface area contributed by atoms with Gasteiger partial charge in [-0.15, -0.1) is 0 Å². The zero-order chi connectivity index (χ0) is 30.7. The van der Waals surface area contributed by atoms with Crippen LogP contribution in [-0.2, 0) is 5.41 Å². The summed E-state index contributed by atoms with van der Waals surface area (Å²) in [4.78, 5) is 2.21. The molecule has 0 unspecified atom stereocenters. The SMILES string of the molecule is CC1(C)c2cc(-c3ccc(F)cc3)cc3ccc4cc(-c5ccc(N(c6ccccc6)c6ccc(C#N)cc6)cc5)cc1c4c23. The summed E-state index contributed by atoms with van der Waals surface area (Å²) >= 11 is 0. The highest BCUT2D eigenvalue weighted by Gasteiger charge is 2.35. The lowest BCUT2D eigenvalue weighted by Crippen LogP contribution is -2.15. The molecule has 0 atom stereocenters. The summed E-state index contributed by atoms with van der Waals surface area (Å²) in [5, 5.41) is 14.4. The Labute approximate surface area is 262 Å². The van der Waals surface area contributed by atoms with Gasteiger partial charge in [-0.05, 0) is 140 Å². The van der Waals surface area contributed by atoms with Crippen LogP contribution < -0.4 is 4.90 Å². The smallest absolute Gasteiger partial charge is 0.123 e. The maximum Gasteiger partial charge on any atom is 0.123 e. The normalized spacial score (nSPS) is 12.9.